The summed E-state index contributed by atoms with van der Waals surface area (Å²) in [6.07, 6.45) is 0.00163. The van der Waals surface area contributed by atoms with Gasteiger partial charge in [-0.15, -0.1) is 0 Å². The summed E-state index contributed by atoms with van der Waals surface area (Å²) in [5.74, 6) is -0.463. The van der Waals surface area contributed by atoms with Gasteiger partial charge in [-0.2, -0.15) is 0 Å². The first-order chi connectivity index (χ1) is 17.5. The quantitative estimate of drug-likeness (QED) is 0.628. The lowest BCUT2D eigenvalue weighted by molar-refractivity contribution is -0.124. The Hall–Kier alpha value is -3.59. The molecule has 2 aromatic carbocycles. The number of amides is 3. The number of rotatable bonds is 5. The van der Waals surface area contributed by atoms with Crippen molar-refractivity contribution in [1.29, 1.82) is 0 Å². The molecule has 9 nitrogen and oxygen atoms in total. The van der Waals surface area contributed by atoms with Crippen molar-refractivity contribution in [3.8, 4) is 0 Å². The summed E-state index contributed by atoms with van der Waals surface area (Å²) in [4.78, 5) is 40.2. The molecule has 0 spiro atoms. The molecule has 2 fully saturated rings. The van der Waals surface area contributed by atoms with Gasteiger partial charge >= 0.3 is 12.2 Å². The fourth-order valence-electron chi connectivity index (χ4n) is 4.39. The smallest absolute Gasteiger partial charge is 0.410 e. The van der Waals surface area contributed by atoms with Crippen molar-refractivity contribution in [2.45, 2.75) is 51.4 Å². The molecule has 2 aromatic rings. The Morgan fingerprint density at radius 3 is 2.16 bits per heavy atom. The number of anilines is 1. The number of benzene rings is 2. The summed E-state index contributed by atoms with van der Waals surface area (Å²) in [5, 5.41) is 14.0. The van der Waals surface area contributed by atoms with Crippen LogP contribution in [0.5, 0.6) is 0 Å². The van der Waals surface area contributed by atoms with Crippen molar-refractivity contribution in [3.05, 3.63) is 65.7 Å². The largest absolute Gasteiger partial charge is 0.445 e. The van der Waals surface area contributed by atoms with Gasteiger partial charge in [0.05, 0.1) is 11.5 Å². The van der Waals surface area contributed by atoms with E-state index >= 15 is 0 Å². The average molecular weight is 510 g/mol. The number of ether oxygens (including phenoxy) is 2. The fourth-order valence-corrected chi connectivity index (χ4v) is 4.39. The normalized spacial score (nSPS) is 17.5. The minimum absolute atomic E-state index is 0.163. The van der Waals surface area contributed by atoms with Gasteiger partial charge in [-0.1, -0.05) is 42.5 Å². The molecule has 4 rings (SSSR count). The standard InChI is InChI=1S/C28H35N3O6/c1-27(2,3)37-26(34)30-15-13-28(35,14-16-30)22-9-11-23(12-10-22)29-24(32)21-17-31(18-21)25(33)36-19-20-7-5-4-6-8-20/h4-12,21,35H,13-19H2,1-3H3,(H,29,32). The van der Waals surface area contributed by atoms with Crippen molar-refractivity contribution in [2.75, 3.05) is 31.5 Å². The van der Waals surface area contributed by atoms with E-state index in [2.05, 4.69) is 5.32 Å². The van der Waals surface area contributed by atoms with Crippen LogP contribution in [-0.2, 0) is 26.5 Å². The number of nitrogens with one attached hydrogen (secondary N) is 1. The molecular formula is C28H35N3O6. The third kappa shape index (κ3) is 6.80. The van der Waals surface area contributed by atoms with E-state index in [4.69, 9.17) is 9.47 Å². The van der Waals surface area contributed by atoms with Gasteiger partial charge in [-0.25, -0.2) is 9.59 Å². The SMILES string of the molecule is CC(C)(C)OC(=O)N1CCC(O)(c2ccc(NC(=O)C3CN(C(=O)OCc4ccccc4)C3)cc2)CC1. The minimum Gasteiger partial charge on any atom is -0.445 e. The lowest BCUT2D eigenvalue weighted by Crippen LogP contribution is -2.54. The van der Waals surface area contributed by atoms with Crippen LogP contribution in [0.1, 0.15) is 44.7 Å². The van der Waals surface area contributed by atoms with Gasteiger partial charge < -0.3 is 29.7 Å². The topological polar surface area (TPSA) is 108 Å². The van der Waals surface area contributed by atoms with Crippen molar-refractivity contribution in [3.63, 3.8) is 0 Å². The molecule has 0 aliphatic carbocycles. The maximum Gasteiger partial charge on any atom is 0.410 e. The number of piperidine rings is 1. The molecule has 2 saturated heterocycles. The molecular weight excluding hydrogens is 474 g/mol. The van der Waals surface area contributed by atoms with E-state index in [1.54, 1.807) is 29.2 Å². The van der Waals surface area contributed by atoms with Crippen molar-refractivity contribution >= 4 is 23.8 Å². The maximum atomic E-state index is 12.6. The molecule has 2 aliphatic heterocycles. The van der Waals surface area contributed by atoms with Gasteiger partial charge in [0.15, 0.2) is 0 Å². The molecule has 2 heterocycles. The van der Waals surface area contributed by atoms with E-state index in [1.165, 1.54) is 4.90 Å². The van der Waals surface area contributed by atoms with Crippen LogP contribution in [-0.4, -0.2) is 64.8 Å². The zero-order valence-corrected chi connectivity index (χ0v) is 21.6. The van der Waals surface area contributed by atoms with Gasteiger partial charge in [-0.3, -0.25) is 4.79 Å². The highest BCUT2D eigenvalue weighted by atomic mass is 16.6. The Labute approximate surface area is 217 Å². The Morgan fingerprint density at radius 2 is 1.57 bits per heavy atom. The number of carbonyl (C=O) groups is 3. The molecule has 0 atom stereocenters. The van der Waals surface area contributed by atoms with Crippen LogP contribution in [0.3, 0.4) is 0 Å². The lowest BCUT2D eigenvalue weighted by atomic mass is 9.84. The highest BCUT2D eigenvalue weighted by Crippen LogP contribution is 2.34. The number of carbonyl (C=O) groups excluding carboxylic acids is 3. The van der Waals surface area contributed by atoms with Crippen LogP contribution < -0.4 is 5.32 Å². The highest BCUT2D eigenvalue weighted by Gasteiger charge is 2.38. The Balaban J connectivity index is 1.22. The van der Waals surface area contributed by atoms with Gasteiger partial charge in [-0.05, 0) is 56.9 Å². The van der Waals surface area contributed by atoms with E-state index < -0.39 is 17.3 Å². The van der Waals surface area contributed by atoms with Crippen LogP contribution >= 0.6 is 0 Å². The summed E-state index contributed by atoms with van der Waals surface area (Å²) >= 11 is 0. The Morgan fingerprint density at radius 1 is 0.946 bits per heavy atom. The summed E-state index contributed by atoms with van der Waals surface area (Å²) in [7, 11) is 0. The van der Waals surface area contributed by atoms with Crippen molar-refractivity contribution in [1.82, 2.24) is 9.80 Å². The third-order valence-corrected chi connectivity index (χ3v) is 6.65. The van der Waals surface area contributed by atoms with Gasteiger partial charge in [0, 0.05) is 31.9 Å². The van der Waals surface area contributed by atoms with Crippen LogP contribution in [0.15, 0.2) is 54.6 Å². The molecule has 0 aromatic heterocycles. The number of hydrogen-bond donors (Lipinski definition) is 2. The van der Waals surface area contributed by atoms with E-state index in [0.717, 1.165) is 11.1 Å². The monoisotopic (exact) mass is 509 g/mol. The summed E-state index contributed by atoms with van der Waals surface area (Å²) in [6, 6.07) is 16.6. The first-order valence-electron chi connectivity index (χ1n) is 12.6. The summed E-state index contributed by atoms with van der Waals surface area (Å²) < 4.78 is 10.7. The molecule has 37 heavy (non-hydrogen) atoms. The van der Waals surface area contributed by atoms with Crippen molar-refractivity contribution in [2.24, 2.45) is 5.92 Å². The molecule has 0 saturated carbocycles. The van der Waals surface area contributed by atoms with E-state index in [0.29, 0.717) is 44.7 Å². The minimum atomic E-state index is -1.05. The maximum absolute atomic E-state index is 12.6. The number of hydrogen-bond acceptors (Lipinski definition) is 6. The summed E-state index contributed by atoms with van der Waals surface area (Å²) in [6.45, 7) is 7.10. The number of likely N-dealkylation sites (tertiary alicyclic amines) is 2. The van der Waals surface area contributed by atoms with Crippen LogP contribution in [0.2, 0.25) is 0 Å². The molecule has 0 bridgehead atoms. The third-order valence-electron chi connectivity index (χ3n) is 6.65. The van der Waals surface area contributed by atoms with Gasteiger partial charge in [0.2, 0.25) is 5.91 Å². The predicted octanol–water partition coefficient (Wildman–Crippen LogP) is 4.11. The molecule has 0 radical (unpaired) electrons. The van der Waals surface area contributed by atoms with Crippen LogP contribution in [0.25, 0.3) is 0 Å². The number of nitrogens with zero attached hydrogens (tertiary/aromatic N) is 2. The lowest BCUT2D eigenvalue weighted by Gasteiger charge is -2.39. The molecule has 3 amide bonds. The second-order valence-corrected chi connectivity index (χ2v) is 10.7. The van der Waals surface area contributed by atoms with Gasteiger partial charge in [0.25, 0.3) is 0 Å². The first-order valence-corrected chi connectivity index (χ1v) is 12.6. The van der Waals surface area contributed by atoms with Crippen LogP contribution in [0, 0.1) is 5.92 Å². The highest BCUT2D eigenvalue weighted by molar-refractivity contribution is 5.94. The number of aliphatic hydroxyl groups is 1. The molecule has 0 unspecified atom stereocenters. The average Bonchev–Trinajstić information content (AvgIpc) is 2.82. The van der Waals surface area contributed by atoms with E-state index in [1.807, 2.05) is 51.1 Å². The summed E-state index contributed by atoms with van der Waals surface area (Å²) in [5.41, 5.74) is 0.663. The van der Waals surface area contributed by atoms with E-state index in [-0.39, 0.29) is 24.5 Å². The van der Waals surface area contributed by atoms with Gasteiger partial charge in [0.1, 0.15) is 12.2 Å². The molecule has 9 heteroatoms. The van der Waals surface area contributed by atoms with Crippen molar-refractivity contribution < 1.29 is 29.0 Å². The van der Waals surface area contributed by atoms with Crippen LogP contribution in [0.4, 0.5) is 15.3 Å². The Kier molecular flexibility index (Phi) is 7.73. The zero-order chi connectivity index (χ0) is 26.6. The second kappa shape index (κ2) is 10.8. The fraction of sp³-hybridized carbons (Fsp3) is 0.464. The molecule has 2 aliphatic rings. The Bertz CT molecular complexity index is 1100. The zero-order valence-electron chi connectivity index (χ0n) is 21.6. The van der Waals surface area contributed by atoms with E-state index in [9.17, 15) is 19.5 Å². The first kappa shape index (κ1) is 26.5. The predicted molar refractivity (Wildman–Crippen MR) is 138 cm³/mol. The molecule has 198 valence electrons. The second-order valence-electron chi connectivity index (χ2n) is 10.7. The molecule has 2 N–H and O–H groups in total.